The van der Waals surface area contributed by atoms with Crippen LogP contribution < -0.4 is 9.47 Å². The molecule has 222 valence electrons. The van der Waals surface area contributed by atoms with Crippen molar-refractivity contribution in [3.8, 4) is 17.2 Å². The summed E-state index contributed by atoms with van der Waals surface area (Å²) >= 11 is 0. The summed E-state index contributed by atoms with van der Waals surface area (Å²) in [5.41, 5.74) is 3.75. The molecule has 0 aromatic heterocycles. The van der Waals surface area contributed by atoms with Gasteiger partial charge in [0, 0.05) is 5.56 Å². The fraction of sp³-hybridized carbons (Fsp3) is 0.639. The van der Waals surface area contributed by atoms with Crippen molar-refractivity contribution in [3.05, 3.63) is 52.6 Å². The van der Waals surface area contributed by atoms with Gasteiger partial charge in [0.25, 0.3) is 0 Å². The minimum atomic E-state index is -0.367. The zero-order valence-electron chi connectivity index (χ0n) is 26.5. The Balaban J connectivity index is 1.50. The first kappa shape index (κ1) is 32.0. The zero-order chi connectivity index (χ0) is 29.3. The molecule has 2 aromatic rings. The van der Waals surface area contributed by atoms with Crippen LogP contribution in [0.25, 0.3) is 0 Å². The molecule has 40 heavy (non-hydrogen) atoms. The molecular weight excluding hydrogens is 496 g/mol. The van der Waals surface area contributed by atoms with Crippen molar-refractivity contribution in [2.24, 2.45) is 17.8 Å². The topological polar surface area (TPSA) is 44.8 Å². The molecule has 0 saturated carbocycles. The van der Waals surface area contributed by atoms with Crippen molar-refractivity contribution in [1.82, 2.24) is 0 Å². The van der Waals surface area contributed by atoms with Crippen LogP contribution >= 0.6 is 0 Å². The Labute approximate surface area is 244 Å². The average molecular weight is 551 g/mol. The molecule has 0 bridgehead atoms. The molecule has 0 amide bonds. The molecule has 0 fully saturated rings. The third-order valence-corrected chi connectivity index (χ3v) is 8.81. The number of hydrogen-bond donors (Lipinski definition) is 0. The third kappa shape index (κ3) is 9.28. The number of methoxy groups -OCH3 is 1. The van der Waals surface area contributed by atoms with Crippen molar-refractivity contribution < 1.29 is 19.0 Å². The first-order chi connectivity index (χ1) is 19.0. The van der Waals surface area contributed by atoms with Gasteiger partial charge in [0.2, 0.25) is 0 Å². The smallest absolute Gasteiger partial charge is 0.337 e. The molecule has 4 nitrogen and oxygen atoms in total. The zero-order valence-corrected chi connectivity index (χ0v) is 26.5. The summed E-state index contributed by atoms with van der Waals surface area (Å²) < 4.78 is 17.8. The minimum absolute atomic E-state index is 0.117. The van der Waals surface area contributed by atoms with E-state index in [2.05, 4.69) is 54.5 Å². The Kier molecular flexibility index (Phi) is 12.0. The highest BCUT2D eigenvalue weighted by atomic mass is 16.5. The molecule has 0 N–H and O–H groups in total. The number of carbonyl (C=O) groups excluding carboxylic acids is 1. The van der Waals surface area contributed by atoms with Crippen LogP contribution in [0.2, 0.25) is 0 Å². The van der Waals surface area contributed by atoms with E-state index in [0.29, 0.717) is 11.3 Å². The van der Waals surface area contributed by atoms with Gasteiger partial charge in [-0.2, -0.15) is 0 Å². The van der Waals surface area contributed by atoms with Crippen molar-refractivity contribution in [2.45, 2.75) is 125 Å². The van der Waals surface area contributed by atoms with Crippen LogP contribution in [-0.4, -0.2) is 18.7 Å². The highest BCUT2D eigenvalue weighted by Gasteiger charge is 2.33. The van der Waals surface area contributed by atoms with Crippen molar-refractivity contribution in [1.29, 1.82) is 0 Å². The fourth-order valence-corrected chi connectivity index (χ4v) is 6.13. The lowest BCUT2D eigenvalue weighted by Crippen LogP contribution is -2.36. The Morgan fingerprint density at radius 1 is 0.950 bits per heavy atom. The highest BCUT2D eigenvalue weighted by molar-refractivity contribution is 5.89. The van der Waals surface area contributed by atoms with Gasteiger partial charge in [-0.3, -0.25) is 0 Å². The van der Waals surface area contributed by atoms with E-state index in [0.717, 1.165) is 59.6 Å². The second-order valence-corrected chi connectivity index (χ2v) is 13.2. The number of carbonyl (C=O) groups is 1. The van der Waals surface area contributed by atoms with E-state index < -0.39 is 0 Å². The van der Waals surface area contributed by atoms with Gasteiger partial charge in [-0.15, -0.1) is 0 Å². The van der Waals surface area contributed by atoms with E-state index >= 15 is 0 Å². The molecule has 1 aliphatic rings. The number of aryl methyl sites for hydroxylation is 1. The van der Waals surface area contributed by atoms with E-state index in [1.54, 1.807) is 12.1 Å². The Morgan fingerprint density at radius 3 is 2.25 bits per heavy atom. The van der Waals surface area contributed by atoms with E-state index in [1.165, 1.54) is 64.0 Å². The molecule has 3 unspecified atom stereocenters. The molecule has 1 aliphatic heterocycles. The SMILES string of the molecule is COC(=O)c1cccc(Oc2c(C)cc3c(c2C)CCC(C)(CCCC(C)CCCC(C)CCCC(C)C)O3)c1. The van der Waals surface area contributed by atoms with Crippen LogP contribution in [0, 0.1) is 31.6 Å². The van der Waals surface area contributed by atoms with Crippen molar-refractivity contribution in [3.63, 3.8) is 0 Å². The maximum absolute atomic E-state index is 11.9. The second-order valence-electron chi connectivity index (χ2n) is 13.2. The number of fused-ring (bicyclic) bond motifs is 1. The minimum Gasteiger partial charge on any atom is -0.487 e. The lowest BCUT2D eigenvalue weighted by atomic mass is 9.85. The number of rotatable bonds is 15. The van der Waals surface area contributed by atoms with Gasteiger partial charge in [0.05, 0.1) is 12.7 Å². The van der Waals surface area contributed by atoms with Gasteiger partial charge in [-0.25, -0.2) is 4.79 Å². The lowest BCUT2D eigenvalue weighted by molar-refractivity contribution is 0.0520. The Morgan fingerprint density at radius 2 is 1.60 bits per heavy atom. The van der Waals surface area contributed by atoms with Crippen molar-refractivity contribution in [2.75, 3.05) is 7.11 Å². The van der Waals surface area contributed by atoms with E-state index in [4.69, 9.17) is 14.2 Å². The Bertz CT molecular complexity index is 1100. The summed E-state index contributed by atoms with van der Waals surface area (Å²) in [5.74, 6) is 4.58. The first-order valence-electron chi connectivity index (χ1n) is 15.7. The summed E-state index contributed by atoms with van der Waals surface area (Å²) in [6.45, 7) is 16.0. The van der Waals surface area contributed by atoms with Crippen molar-refractivity contribution >= 4 is 5.97 Å². The maximum atomic E-state index is 11.9. The van der Waals surface area contributed by atoms with Crippen LogP contribution in [0.4, 0.5) is 0 Å². The maximum Gasteiger partial charge on any atom is 0.337 e. The number of esters is 1. The largest absolute Gasteiger partial charge is 0.487 e. The molecule has 3 atom stereocenters. The van der Waals surface area contributed by atoms with Crippen LogP contribution in [-0.2, 0) is 11.2 Å². The number of benzene rings is 2. The van der Waals surface area contributed by atoms with E-state index in [-0.39, 0.29) is 11.6 Å². The molecule has 0 saturated heterocycles. The van der Waals surface area contributed by atoms with Gasteiger partial charge in [0.15, 0.2) is 0 Å². The first-order valence-corrected chi connectivity index (χ1v) is 15.7. The van der Waals surface area contributed by atoms with Crippen LogP contribution in [0.1, 0.15) is 126 Å². The monoisotopic (exact) mass is 550 g/mol. The molecule has 0 aliphatic carbocycles. The fourth-order valence-electron chi connectivity index (χ4n) is 6.13. The van der Waals surface area contributed by atoms with E-state index in [9.17, 15) is 4.79 Å². The van der Waals surface area contributed by atoms with Crippen LogP contribution in [0.5, 0.6) is 17.2 Å². The molecule has 2 aromatic carbocycles. The summed E-state index contributed by atoms with van der Waals surface area (Å²) in [5, 5.41) is 0. The summed E-state index contributed by atoms with van der Waals surface area (Å²) in [4.78, 5) is 11.9. The number of hydrogen-bond acceptors (Lipinski definition) is 4. The molecule has 0 spiro atoms. The second kappa shape index (κ2) is 14.9. The normalized spacial score (nSPS) is 18.1. The van der Waals surface area contributed by atoms with Crippen LogP contribution in [0.15, 0.2) is 30.3 Å². The third-order valence-electron chi connectivity index (χ3n) is 8.81. The summed E-state index contributed by atoms with van der Waals surface area (Å²) in [6.07, 6.45) is 13.8. The van der Waals surface area contributed by atoms with Gasteiger partial charge in [-0.05, 0) is 99.6 Å². The quantitative estimate of drug-likeness (QED) is 0.207. The molecule has 4 heteroatoms. The van der Waals surface area contributed by atoms with Gasteiger partial charge >= 0.3 is 5.97 Å². The predicted octanol–water partition coefficient (Wildman–Crippen LogP) is 10.4. The molecule has 1 heterocycles. The van der Waals surface area contributed by atoms with Crippen LogP contribution in [0.3, 0.4) is 0 Å². The Hall–Kier alpha value is -2.49. The van der Waals surface area contributed by atoms with Gasteiger partial charge < -0.3 is 14.2 Å². The molecular formula is C36H54O4. The van der Waals surface area contributed by atoms with Gasteiger partial charge in [0.1, 0.15) is 22.8 Å². The highest BCUT2D eigenvalue weighted by Crippen LogP contribution is 2.43. The molecule has 3 rings (SSSR count). The molecule has 0 radical (unpaired) electrons. The standard InChI is InChI=1S/C36H54O4/c1-25(2)13-9-14-26(3)15-10-16-27(4)17-12-21-36(7)22-20-32-29(6)34(28(5)23-33(32)40-36)39-31-19-11-18-30(24-31)35(37)38-8/h11,18-19,23-27H,9-10,12-17,20-22H2,1-8H3. The summed E-state index contributed by atoms with van der Waals surface area (Å²) in [6, 6.07) is 9.28. The lowest BCUT2D eigenvalue weighted by Gasteiger charge is -2.37. The van der Waals surface area contributed by atoms with E-state index in [1.807, 2.05) is 12.1 Å². The predicted molar refractivity (Wildman–Crippen MR) is 166 cm³/mol. The number of ether oxygens (including phenoxy) is 3. The van der Waals surface area contributed by atoms with Gasteiger partial charge in [-0.1, -0.05) is 78.7 Å². The average Bonchev–Trinajstić information content (AvgIpc) is 2.90. The summed E-state index contributed by atoms with van der Waals surface area (Å²) in [7, 11) is 1.39.